The molecule has 2 aromatic rings. The summed E-state index contributed by atoms with van der Waals surface area (Å²) in [6, 6.07) is 12.1. The molecule has 100 valence electrons. The van der Waals surface area contributed by atoms with Crippen LogP contribution in [0.15, 0.2) is 53.7 Å². The second kappa shape index (κ2) is 4.85. The Morgan fingerprint density at radius 1 is 1.15 bits per heavy atom. The van der Waals surface area contributed by atoms with Crippen LogP contribution in [0.25, 0.3) is 0 Å². The number of amides is 1. The fraction of sp³-hybridized carbons (Fsp3) is 0.133. The van der Waals surface area contributed by atoms with Crippen LogP contribution in [0.2, 0.25) is 0 Å². The first-order valence-electron chi connectivity index (χ1n) is 6.18. The second-order valence-electron chi connectivity index (χ2n) is 4.62. The number of halogens is 1. The van der Waals surface area contributed by atoms with Crippen molar-refractivity contribution in [3.05, 3.63) is 70.4 Å². The van der Waals surface area contributed by atoms with E-state index in [-0.39, 0.29) is 18.3 Å². The third kappa shape index (κ3) is 1.97. The predicted molar refractivity (Wildman–Crippen MR) is 72.6 cm³/mol. The lowest BCUT2D eigenvalue weighted by Gasteiger charge is -2.17. The summed E-state index contributed by atoms with van der Waals surface area (Å²) in [5.74, 6) is -0.724. The van der Waals surface area contributed by atoms with E-state index in [2.05, 4.69) is 5.18 Å². The molecular weight excluding hydrogens is 259 g/mol. The summed E-state index contributed by atoms with van der Waals surface area (Å²) < 4.78 is 13.2. The molecule has 1 aliphatic heterocycles. The van der Waals surface area contributed by atoms with Gasteiger partial charge in [0.05, 0.1) is 12.2 Å². The van der Waals surface area contributed by atoms with Crippen LogP contribution in [-0.2, 0) is 11.3 Å². The molecule has 0 saturated carbocycles. The number of nitroso groups, excluding NO2 is 1. The molecule has 1 unspecified atom stereocenters. The Labute approximate surface area is 114 Å². The van der Waals surface area contributed by atoms with Gasteiger partial charge in [-0.2, -0.15) is 0 Å². The summed E-state index contributed by atoms with van der Waals surface area (Å²) in [4.78, 5) is 24.6. The molecule has 1 heterocycles. The summed E-state index contributed by atoms with van der Waals surface area (Å²) in [6.07, 6.45) is 0. The van der Waals surface area contributed by atoms with Gasteiger partial charge in [-0.1, -0.05) is 35.5 Å². The molecule has 0 bridgehead atoms. The Morgan fingerprint density at radius 2 is 1.95 bits per heavy atom. The van der Waals surface area contributed by atoms with Gasteiger partial charge in [0.15, 0.2) is 6.04 Å². The van der Waals surface area contributed by atoms with E-state index >= 15 is 0 Å². The molecule has 0 N–H and O–H groups in total. The Balaban J connectivity index is 1.98. The number of carbonyl (C=O) groups is 1. The molecule has 0 aliphatic carbocycles. The number of para-hydroxylation sites is 1. The number of benzene rings is 2. The van der Waals surface area contributed by atoms with Crippen LogP contribution in [0.1, 0.15) is 17.2 Å². The zero-order valence-corrected chi connectivity index (χ0v) is 10.5. The molecule has 0 aromatic heterocycles. The van der Waals surface area contributed by atoms with E-state index in [4.69, 9.17) is 0 Å². The highest BCUT2D eigenvalue weighted by Gasteiger charge is 2.38. The summed E-state index contributed by atoms with van der Waals surface area (Å²) in [7, 11) is 0. The molecule has 1 amide bonds. The van der Waals surface area contributed by atoms with Gasteiger partial charge in [-0.25, -0.2) is 4.39 Å². The number of fused-ring (bicyclic) bond motifs is 1. The van der Waals surface area contributed by atoms with E-state index in [1.165, 1.54) is 17.0 Å². The minimum absolute atomic E-state index is 0.222. The summed E-state index contributed by atoms with van der Waals surface area (Å²) in [6.45, 7) is 0.222. The molecule has 0 saturated heterocycles. The van der Waals surface area contributed by atoms with Gasteiger partial charge in [0.2, 0.25) is 0 Å². The average molecular weight is 270 g/mol. The van der Waals surface area contributed by atoms with Crippen molar-refractivity contribution >= 4 is 11.6 Å². The first-order valence-corrected chi connectivity index (χ1v) is 6.18. The van der Waals surface area contributed by atoms with Crippen LogP contribution >= 0.6 is 0 Å². The van der Waals surface area contributed by atoms with Crippen molar-refractivity contribution < 1.29 is 9.18 Å². The molecule has 0 fully saturated rings. The smallest absolute Gasteiger partial charge is 0.260 e. The van der Waals surface area contributed by atoms with Gasteiger partial charge in [0.25, 0.3) is 5.91 Å². The highest BCUT2D eigenvalue weighted by atomic mass is 19.1. The molecule has 1 aliphatic rings. The molecule has 2 aromatic carbocycles. The van der Waals surface area contributed by atoms with Gasteiger partial charge in [0, 0.05) is 5.56 Å². The van der Waals surface area contributed by atoms with Crippen molar-refractivity contribution in [3.8, 4) is 0 Å². The Kier molecular flexibility index (Phi) is 3.02. The van der Waals surface area contributed by atoms with Crippen molar-refractivity contribution in [1.82, 2.24) is 0 Å². The maximum absolute atomic E-state index is 13.2. The van der Waals surface area contributed by atoms with Gasteiger partial charge in [-0.05, 0) is 23.8 Å². The van der Waals surface area contributed by atoms with Gasteiger partial charge < -0.3 is 4.90 Å². The van der Waals surface area contributed by atoms with Gasteiger partial charge in [-0.15, -0.1) is 4.91 Å². The third-order valence-corrected chi connectivity index (χ3v) is 3.36. The Hall–Kier alpha value is -2.56. The number of anilines is 1. The molecule has 4 nitrogen and oxygen atoms in total. The molecule has 3 rings (SSSR count). The Bertz CT molecular complexity index is 687. The molecule has 5 heteroatoms. The topological polar surface area (TPSA) is 49.7 Å². The predicted octanol–water partition coefficient (Wildman–Crippen LogP) is 3.18. The van der Waals surface area contributed by atoms with Crippen LogP contribution in [0.3, 0.4) is 0 Å². The maximum Gasteiger partial charge on any atom is 0.260 e. The van der Waals surface area contributed by atoms with Gasteiger partial charge >= 0.3 is 0 Å². The van der Waals surface area contributed by atoms with Crippen molar-refractivity contribution in [2.24, 2.45) is 5.18 Å². The van der Waals surface area contributed by atoms with Gasteiger partial charge in [-0.3, -0.25) is 4.79 Å². The van der Waals surface area contributed by atoms with Crippen molar-refractivity contribution in [2.75, 3.05) is 4.90 Å². The van der Waals surface area contributed by atoms with E-state index in [0.717, 1.165) is 0 Å². The summed E-state index contributed by atoms with van der Waals surface area (Å²) in [5.41, 5.74) is 1.93. The van der Waals surface area contributed by atoms with Crippen LogP contribution in [0.5, 0.6) is 0 Å². The fourth-order valence-electron chi connectivity index (χ4n) is 2.45. The zero-order valence-electron chi connectivity index (χ0n) is 10.5. The van der Waals surface area contributed by atoms with E-state index in [1.807, 2.05) is 0 Å². The van der Waals surface area contributed by atoms with E-state index in [9.17, 15) is 14.1 Å². The molecule has 1 atom stereocenters. The quantitative estimate of drug-likeness (QED) is 0.804. The van der Waals surface area contributed by atoms with E-state index in [1.54, 1.807) is 36.4 Å². The lowest BCUT2D eigenvalue weighted by molar-refractivity contribution is -0.119. The lowest BCUT2D eigenvalue weighted by atomic mass is 10.1. The lowest BCUT2D eigenvalue weighted by Crippen LogP contribution is -2.27. The van der Waals surface area contributed by atoms with E-state index < -0.39 is 6.04 Å². The summed E-state index contributed by atoms with van der Waals surface area (Å²) >= 11 is 0. The number of carbonyl (C=O) groups excluding carboxylic acids is 1. The number of hydrogen-bond acceptors (Lipinski definition) is 3. The molecule has 0 spiro atoms. The largest absolute Gasteiger partial charge is 0.305 e. The molecule has 0 radical (unpaired) electrons. The SMILES string of the molecule is O=NC1C(=O)N(Cc2cccc(F)c2)c2ccccc21. The van der Waals surface area contributed by atoms with Crippen LogP contribution < -0.4 is 4.90 Å². The monoisotopic (exact) mass is 270 g/mol. The first-order chi connectivity index (χ1) is 9.70. The minimum Gasteiger partial charge on any atom is -0.305 e. The van der Waals surface area contributed by atoms with Crippen molar-refractivity contribution in [1.29, 1.82) is 0 Å². The molecule has 20 heavy (non-hydrogen) atoms. The molecular formula is C15H11FN2O2. The Morgan fingerprint density at radius 3 is 2.70 bits per heavy atom. The zero-order chi connectivity index (χ0) is 14.1. The number of nitrogens with zero attached hydrogens (tertiary/aromatic N) is 2. The van der Waals surface area contributed by atoms with Crippen molar-refractivity contribution in [2.45, 2.75) is 12.6 Å². The normalized spacial score (nSPS) is 17.1. The standard InChI is InChI=1S/C15H11FN2O2/c16-11-5-3-4-10(8-11)9-18-13-7-2-1-6-12(13)14(17-20)15(18)19/h1-8,14H,9H2. The number of hydrogen-bond donors (Lipinski definition) is 0. The van der Waals surface area contributed by atoms with Crippen LogP contribution in [-0.4, -0.2) is 5.91 Å². The first kappa shape index (κ1) is 12.5. The highest BCUT2D eigenvalue weighted by molar-refractivity contribution is 6.04. The fourth-order valence-corrected chi connectivity index (χ4v) is 2.45. The van der Waals surface area contributed by atoms with E-state index in [0.29, 0.717) is 16.8 Å². The average Bonchev–Trinajstić information content (AvgIpc) is 2.72. The maximum atomic E-state index is 13.2. The van der Waals surface area contributed by atoms with Crippen LogP contribution in [0.4, 0.5) is 10.1 Å². The summed E-state index contributed by atoms with van der Waals surface area (Å²) in [5, 5.41) is 2.90. The number of rotatable bonds is 3. The third-order valence-electron chi connectivity index (χ3n) is 3.36. The van der Waals surface area contributed by atoms with Gasteiger partial charge in [0.1, 0.15) is 5.82 Å². The van der Waals surface area contributed by atoms with Crippen LogP contribution in [0, 0.1) is 10.7 Å². The highest BCUT2D eigenvalue weighted by Crippen LogP contribution is 2.38. The van der Waals surface area contributed by atoms with Crippen molar-refractivity contribution in [3.63, 3.8) is 0 Å². The second-order valence-corrected chi connectivity index (χ2v) is 4.62. The minimum atomic E-state index is -1.00.